The summed E-state index contributed by atoms with van der Waals surface area (Å²) in [4.78, 5) is 16.6. The van der Waals surface area contributed by atoms with Gasteiger partial charge >= 0.3 is 0 Å². The Balaban J connectivity index is 1.38. The Morgan fingerprint density at radius 1 is 1.00 bits per heavy atom. The molecule has 0 spiro atoms. The number of aromatic nitrogens is 1. The Morgan fingerprint density at radius 3 is 2.59 bits per heavy atom. The van der Waals surface area contributed by atoms with Gasteiger partial charge in [-0.05, 0) is 67.6 Å². The standard InChI is InChI=1S/C24H28ClN3O/c1-2-3-6-18-7-9-19(10-8-18)24(29)28-15-5-4-14-26-22-13-16-27-23-17-20(25)11-12-21(22)23/h7-13,16-17H,2-6,14-15H2,1H3,(H,26,27)(H,28,29). The van der Waals surface area contributed by atoms with E-state index in [2.05, 4.69) is 34.7 Å². The fourth-order valence-electron chi connectivity index (χ4n) is 3.26. The third kappa shape index (κ3) is 6.20. The molecule has 1 aromatic heterocycles. The number of benzene rings is 2. The second-order valence-electron chi connectivity index (χ2n) is 7.21. The van der Waals surface area contributed by atoms with Crippen molar-refractivity contribution >= 4 is 34.1 Å². The number of nitrogens with one attached hydrogen (secondary N) is 2. The molecule has 4 nitrogen and oxygen atoms in total. The van der Waals surface area contributed by atoms with Crippen LogP contribution in [0.3, 0.4) is 0 Å². The van der Waals surface area contributed by atoms with Gasteiger partial charge in [-0.1, -0.05) is 37.1 Å². The fraction of sp³-hybridized carbons (Fsp3) is 0.333. The number of aryl methyl sites for hydroxylation is 1. The second kappa shape index (κ2) is 10.8. The lowest BCUT2D eigenvalue weighted by Gasteiger charge is -2.10. The zero-order chi connectivity index (χ0) is 20.5. The van der Waals surface area contributed by atoms with Crippen molar-refractivity contribution in [2.75, 3.05) is 18.4 Å². The van der Waals surface area contributed by atoms with Crippen LogP contribution in [-0.4, -0.2) is 24.0 Å². The van der Waals surface area contributed by atoms with Crippen molar-refractivity contribution in [1.29, 1.82) is 0 Å². The SMILES string of the molecule is CCCCc1ccc(C(=O)NCCCCNc2ccnc3cc(Cl)ccc23)cc1. The lowest BCUT2D eigenvalue weighted by atomic mass is 10.1. The van der Waals surface area contributed by atoms with Crippen LogP contribution in [0.4, 0.5) is 5.69 Å². The normalized spacial score (nSPS) is 10.8. The van der Waals surface area contributed by atoms with Crippen LogP contribution >= 0.6 is 11.6 Å². The third-order valence-electron chi connectivity index (χ3n) is 4.94. The molecule has 0 aliphatic carbocycles. The van der Waals surface area contributed by atoms with Gasteiger partial charge < -0.3 is 10.6 Å². The van der Waals surface area contributed by atoms with Crippen LogP contribution in [0.2, 0.25) is 5.02 Å². The van der Waals surface area contributed by atoms with E-state index in [-0.39, 0.29) is 5.91 Å². The number of halogens is 1. The first-order valence-electron chi connectivity index (χ1n) is 10.3. The number of carbonyl (C=O) groups excluding carboxylic acids is 1. The molecule has 3 rings (SSSR count). The van der Waals surface area contributed by atoms with E-state index in [1.165, 1.54) is 18.4 Å². The zero-order valence-electron chi connectivity index (χ0n) is 16.9. The monoisotopic (exact) mass is 409 g/mol. The van der Waals surface area contributed by atoms with E-state index in [0.29, 0.717) is 11.6 Å². The van der Waals surface area contributed by atoms with Crippen molar-refractivity contribution in [1.82, 2.24) is 10.3 Å². The summed E-state index contributed by atoms with van der Waals surface area (Å²) >= 11 is 6.04. The first-order chi connectivity index (χ1) is 14.2. The molecule has 0 aliphatic rings. The van der Waals surface area contributed by atoms with Crippen molar-refractivity contribution in [2.24, 2.45) is 0 Å². The van der Waals surface area contributed by atoms with Gasteiger partial charge in [0.25, 0.3) is 5.91 Å². The summed E-state index contributed by atoms with van der Waals surface area (Å²) in [5, 5.41) is 8.21. The third-order valence-corrected chi connectivity index (χ3v) is 5.18. The van der Waals surface area contributed by atoms with Crippen LogP contribution in [0.25, 0.3) is 10.9 Å². The van der Waals surface area contributed by atoms with Gasteiger partial charge in [-0.15, -0.1) is 0 Å². The van der Waals surface area contributed by atoms with Crippen LogP contribution in [0.15, 0.2) is 54.7 Å². The highest BCUT2D eigenvalue weighted by atomic mass is 35.5. The molecule has 0 atom stereocenters. The minimum Gasteiger partial charge on any atom is -0.384 e. The smallest absolute Gasteiger partial charge is 0.251 e. The lowest BCUT2D eigenvalue weighted by Crippen LogP contribution is -2.24. The van der Waals surface area contributed by atoms with Crippen LogP contribution in [0.5, 0.6) is 0 Å². The summed E-state index contributed by atoms with van der Waals surface area (Å²) in [6.45, 7) is 3.70. The molecule has 0 unspecified atom stereocenters. The lowest BCUT2D eigenvalue weighted by molar-refractivity contribution is 0.0953. The van der Waals surface area contributed by atoms with E-state index >= 15 is 0 Å². The number of carbonyl (C=O) groups is 1. The van der Waals surface area contributed by atoms with Gasteiger partial charge in [-0.3, -0.25) is 9.78 Å². The minimum absolute atomic E-state index is 0.00277. The highest BCUT2D eigenvalue weighted by Crippen LogP contribution is 2.24. The summed E-state index contributed by atoms with van der Waals surface area (Å²) < 4.78 is 0. The Morgan fingerprint density at radius 2 is 1.79 bits per heavy atom. The molecular weight excluding hydrogens is 382 g/mol. The number of anilines is 1. The van der Waals surface area contributed by atoms with E-state index in [9.17, 15) is 4.79 Å². The second-order valence-corrected chi connectivity index (χ2v) is 7.65. The van der Waals surface area contributed by atoms with Gasteiger partial charge in [-0.25, -0.2) is 0 Å². The number of fused-ring (bicyclic) bond motifs is 1. The maximum atomic E-state index is 12.3. The van der Waals surface area contributed by atoms with E-state index in [1.54, 1.807) is 6.20 Å². The first-order valence-corrected chi connectivity index (χ1v) is 10.7. The Labute approximate surface area is 177 Å². The summed E-state index contributed by atoms with van der Waals surface area (Å²) in [5.41, 5.74) is 3.96. The predicted octanol–water partition coefficient (Wildman–Crippen LogP) is 5.85. The van der Waals surface area contributed by atoms with E-state index in [1.807, 2.05) is 36.4 Å². The summed E-state index contributed by atoms with van der Waals surface area (Å²) in [6, 6.07) is 15.7. The van der Waals surface area contributed by atoms with Gasteiger partial charge in [0, 0.05) is 40.9 Å². The van der Waals surface area contributed by atoms with E-state index in [0.717, 1.165) is 48.0 Å². The average molecular weight is 410 g/mol. The van der Waals surface area contributed by atoms with Gasteiger partial charge in [0.15, 0.2) is 0 Å². The van der Waals surface area contributed by atoms with Crippen molar-refractivity contribution < 1.29 is 4.79 Å². The van der Waals surface area contributed by atoms with Crippen molar-refractivity contribution in [2.45, 2.75) is 39.0 Å². The fourth-order valence-corrected chi connectivity index (χ4v) is 3.42. The van der Waals surface area contributed by atoms with E-state index in [4.69, 9.17) is 11.6 Å². The molecule has 0 fully saturated rings. The molecule has 1 heterocycles. The van der Waals surface area contributed by atoms with Gasteiger partial charge in [0.05, 0.1) is 5.52 Å². The quantitative estimate of drug-likeness (QED) is 0.413. The largest absolute Gasteiger partial charge is 0.384 e. The topological polar surface area (TPSA) is 54.0 Å². The number of unbranched alkanes of at least 4 members (excludes halogenated alkanes) is 2. The van der Waals surface area contributed by atoms with Gasteiger partial charge in [0.2, 0.25) is 0 Å². The molecule has 3 aromatic rings. The minimum atomic E-state index is -0.00277. The number of hydrogen-bond donors (Lipinski definition) is 2. The molecule has 2 aromatic carbocycles. The van der Waals surface area contributed by atoms with E-state index < -0.39 is 0 Å². The van der Waals surface area contributed by atoms with Gasteiger partial charge in [0.1, 0.15) is 0 Å². The Kier molecular flexibility index (Phi) is 7.88. The van der Waals surface area contributed by atoms with Crippen LogP contribution in [0.1, 0.15) is 48.5 Å². The molecule has 152 valence electrons. The first kappa shape index (κ1) is 21.1. The van der Waals surface area contributed by atoms with Crippen molar-refractivity contribution in [3.63, 3.8) is 0 Å². The molecule has 0 saturated heterocycles. The molecular formula is C24H28ClN3O. The van der Waals surface area contributed by atoms with Crippen LogP contribution < -0.4 is 10.6 Å². The Hall–Kier alpha value is -2.59. The summed E-state index contributed by atoms with van der Waals surface area (Å²) in [6.07, 6.45) is 7.11. The van der Waals surface area contributed by atoms with Crippen molar-refractivity contribution in [3.05, 3.63) is 70.9 Å². The maximum absolute atomic E-state index is 12.3. The van der Waals surface area contributed by atoms with Crippen molar-refractivity contribution in [3.8, 4) is 0 Å². The molecule has 0 radical (unpaired) electrons. The molecule has 0 bridgehead atoms. The molecule has 2 N–H and O–H groups in total. The number of amides is 1. The summed E-state index contributed by atoms with van der Waals surface area (Å²) in [7, 11) is 0. The number of rotatable bonds is 10. The zero-order valence-corrected chi connectivity index (χ0v) is 17.6. The highest BCUT2D eigenvalue weighted by molar-refractivity contribution is 6.31. The average Bonchev–Trinajstić information content (AvgIpc) is 2.74. The number of hydrogen-bond acceptors (Lipinski definition) is 3. The maximum Gasteiger partial charge on any atom is 0.251 e. The van der Waals surface area contributed by atoms with Crippen LogP contribution in [-0.2, 0) is 6.42 Å². The van der Waals surface area contributed by atoms with Gasteiger partial charge in [-0.2, -0.15) is 0 Å². The number of nitrogens with zero attached hydrogens (tertiary/aromatic N) is 1. The molecule has 0 aliphatic heterocycles. The molecule has 0 saturated carbocycles. The molecule has 29 heavy (non-hydrogen) atoms. The highest BCUT2D eigenvalue weighted by Gasteiger charge is 2.05. The predicted molar refractivity (Wildman–Crippen MR) is 122 cm³/mol. The summed E-state index contributed by atoms with van der Waals surface area (Å²) in [5.74, 6) is -0.00277. The molecule has 1 amide bonds. The van der Waals surface area contributed by atoms with Crippen LogP contribution in [0, 0.1) is 0 Å². The Bertz CT molecular complexity index is 941. The number of pyridine rings is 1. The molecule has 5 heteroatoms.